The van der Waals surface area contributed by atoms with E-state index >= 15 is 0 Å². The molecule has 0 saturated carbocycles. The van der Waals surface area contributed by atoms with Crippen LogP contribution in [0.1, 0.15) is 26.3 Å². The van der Waals surface area contributed by atoms with Gasteiger partial charge in [0.15, 0.2) is 0 Å². The van der Waals surface area contributed by atoms with Gasteiger partial charge in [0.2, 0.25) is 0 Å². The van der Waals surface area contributed by atoms with Gasteiger partial charge in [-0.25, -0.2) is 0 Å². The summed E-state index contributed by atoms with van der Waals surface area (Å²) in [5, 5.41) is 0. The van der Waals surface area contributed by atoms with Crippen LogP contribution >= 0.6 is 8.19 Å². The van der Waals surface area contributed by atoms with Crippen LogP contribution in [0, 0.1) is 0 Å². The Morgan fingerprint density at radius 1 is 0.875 bits per heavy atom. The van der Waals surface area contributed by atoms with Crippen LogP contribution in [0.5, 0.6) is 0 Å². The lowest BCUT2D eigenvalue weighted by molar-refractivity contribution is 0.592. The molecule has 0 nitrogen and oxygen atoms in total. The first-order valence-corrected chi connectivity index (χ1v) is 6.61. The molecule has 82 valence electrons. The molecule has 0 unspecified atom stereocenters. The van der Waals surface area contributed by atoms with Crippen molar-refractivity contribution >= 4 is 8.19 Å². The molecule has 16 heavy (non-hydrogen) atoms. The van der Waals surface area contributed by atoms with Gasteiger partial charge >= 0.3 is 0 Å². The molecule has 0 bridgehead atoms. The zero-order valence-electron chi connectivity index (χ0n) is 10.1. The van der Waals surface area contributed by atoms with Gasteiger partial charge in [0, 0.05) is 0 Å². The minimum Gasteiger partial charge on any atom is -0.0755 e. The van der Waals surface area contributed by atoms with Crippen molar-refractivity contribution in [1.29, 1.82) is 0 Å². The maximum Gasteiger partial charge on any atom is -0.0128 e. The summed E-state index contributed by atoms with van der Waals surface area (Å²) in [6.45, 7) is 6.79. The third-order valence-corrected chi connectivity index (χ3v) is 3.57. The van der Waals surface area contributed by atoms with E-state index in [-0.39, 0.29) is 5.41 Å². The summed E-state index contributed by atoms with van der Waals surface area (Å²) in [7, 11) is 1.29. The average molecular weight is 228 g/mol. The van der Waals surface area contributed by atoms with Crippen LogP contribution < -0.4 is 0 Å². The van der Waals surface area contributed by atoms with E-state index in [9.17, 15) is 0 Å². The van der Waals surface area contributed by atoms with Crippen LogP contribution in [-0.2, 0) is 5.41 Å². The van der Waals surface area contributed by atoms with Gasteiger partial charge < -0.3 is 0 Å². The normalized spacial score (nSPS) is 11.9. The fourth-order valence-corrected chi connectivity index (χ4v) is 2.72. The fourth-order valence-electron chi connectivity index (χ4n) is 1.64. The smallest absolute Gasteiger partial charge is 0.0128 e. The Labute approximate surface area is 99.4 Å². The summed E-state index contributed by atoms with van der Waals surface area (Å²) in [6.07, 6.45) is 0. The molecule has 0 aliphatic heterocycles. The van der Waals surface area contributed by atoms with Gasteiger partial charge in [-0.1, -0.05) is 59.3 Å². The summed E-state index contributed by atoms with van der Waals surface area (Å²) in [5.74, 6) is 4.57. The van der Waals surface area contributed by atoms with E-state index < -0.39 is 0 Å². The Morgan fingerprint density at radius 3 is 2.19 bits per heavy atom. The zero-order chi connectivity index (χ0) is 11.6. The molecule has 0 atom stereocenters. The van der Waals surface area contributed by atoms with E-state index in [2.05, 4.69) is 68.8 Å². The van der Waals surface area contributed by atoms with Gasteiger partial charge in [0.25, 0.3) is 0 Å². The molecule has 0 aliphatic rings. The minimum atomic E-state index is 0.237. The first kappa shape index (κ1) is 11.4. The average Bonchev–Trinajstić information content (AvgIpc) is 2.29. The van der Waals surface area contributed by atoms with Crippen molar-refractivity contribution in [2.24, 2.45) is 0 Å². The molecule has 0 radical (unpaired) electrons. The monoisotopic (exact) mass is 228 g/mol. The summed E-state index contributed by atoms with van der Waals surface area (Å²) >= 11 is 0. The summed E-state index contributed by atoms with van der Waals surface area (Å²) in [5.41, 5.74) is 4.32. The standard InChI is InChI=1S/C15H17P/c1-15(2,3)14-9-13(10-16-11-14)12-7-5-4-6-8-12/h4-11H,1-3H3. The van der Waals surface area contributed by atoms with E-state index in [0.29, 0.717) is 0 Å². The van der Waals surface area contributed by atoms with Gasteiger partial charge in [-0.2, -0.15) is 0 Å². The SMILES string of the molecule is CC(C)(C)c1cpcc(-c2ccccc2)c1. The van der Waals surface area contributed by atoms with Crippen molar-refractivity contribution in [3.8, 4) is 11.1 Å². The first-order chi connectivity index (χ1) is 7.57. The van der Waals surface area contributed by atoms with Crippen molar-refractivity contribution in [3.63, 3.8) is 0 Å². The second-order valence-electron chi connectivity index (χ2n) is 5.08. The highest BCUT2D eigenvalue weighted by molar-refractivity contribution is 7.28. The molecule has 1 heterocycles. The summed E-state index contributed by atoms with van der Waals surface area (Å²) < 4.78 is 0. The van der Waals surface area contributed by atoms with E-state index in [0.717, 1.165) is 0 Å². The fraction of sp³-hybridized carbons (Fsp3) is 0.267. The van der Waals surface area contributed by atoms with Crippen molar-refractivity contribution in [3.05, 3.63) is 53.6 Å². The number of benzene rings is 1. The topological polar surface area (TPSA) is 0 Å². The van der Waals surface area contributed by atoms with Crippen LogP contribution in [-0.4, -0.2) is 0 Å². The minimum absolute atomic E-state index is 0.237. The highest BCUT2D eigenvalue weighted by Crippen LogP contribution is 2.30. The highest BCUT2D eigenvalue weighted by Gasteiger charge is 2.13. The molecule has 0 aliphatic carbocycles. The molecule has 0 N–H and O–H groups in total. The predicted molar refractivity (Wildman–Crippen MR) is 73.1 cm³/mol. The Kier molecular flexibility index (Phi) is 3.12. The molecule has 2 aromatic rings. The number of hydrogen-bond acceptors (Lipinski definition) is 0. The van der Waals surface area contributed by atoms with Crippen molar-refractivity contribution in [1.82, 2.24) is 0 Å². The van der Waals surface area contributed by atoms with Gasteiger partial charge in [-0.3, -0.25) is 0 Å². The molecule has 0 saturated heterocycles. The molecule has 1 aromatic heterocycles. The molecular formula is C15H17P. The van der Waals surface area contributed by atoms with Crippen LogP contribution in [0.4, 0.5) is 0 Å². The van der Waals surface area contributed by atoms with Crippen LogP contribution in [0.25, 0.3) is 11.1 Å². The predicted octanol–water partition coefficient (Wildman–Crippen LogP) is 5.23. The van der Waals surface area contributed by atoms with Crippen molar-refractivity contribution < 1.29 is 0 Å². The first-order valence-electron chi connectivity index (χ1n) is 5.58. The van der Waals surface area contributed by atoms with Crippen molar-refractivity contribution in [2.45, 2.75) is 26.2 Å². The Morgan fingerprint density at radius 2 is 1.56 bits per heavy atom. The quantitative estimate of drug-likeness (QED) is 0.626. The van der Waals surface area contributed by atoms with Crippen LogP contribution in [0.15, 0.2) is 48.0 Å². The van der Waals surface area contributed by atoms with E-state index in [4.69, 9.17) is 0 Å². The van der Waals surface area contributed by atoms with E-state index in [1.54, 1.807) is 0 Å². The third-order valence-electron chi connectivity index (χ3n) is 2.71. The van der Waals surface area contributed by atoms with Gasteiger partial charge in [0.1, 0.15) is 0 Å². The molecule has 2 rings (SSSR count). The maximum atomic E-state index is 2.31. The Hall–Kier alpha value is -1.13. The molecule has 0 spiro atoms. The van der Waals surface area contributed by atoms with Crippen LogP contribution in [0.3, 0.4) is 0 Å². The second-order valence-corrected chi connectivity index (χ2v) is 5.89. The second kappa shape index (κ2) is 4.39. The maximum absolute atomic E-state index is 2.31. The van der Waals surface area contributed by atoms with E-state index in [1.807, 2.05) is 0 Å². The van der Waals surface area contributed by atoms with Crippen molar-refractivity contribution in [2.75, 3.05) is 0 Å². The number of hydrogen-bond donors (Lipinski definition) is 0. The molecule has 0 fully saturated rings. The molecular weight excluding hydrogens is 211 g/mol. The van der Waals surface area contributed by atoms with Gasteiger partial charge in [-0.05, 0) is 39.8 Å². The van der Waals surface area contributed by atoms with Gasteiger partial charge in [0.05, 0.1) is 0 Å². The summed E-state index contributed by atoms with van der Waals surface area (Å²) in [4.78, 5) is 0. The van der Waals surface area contributed by atoms with Crippen LogP contribution in [0.2, 0.25) is 0 Å². The molecule has 1 aromatic carbocycles. The van der Waals surface area contributed by atoms with E-state index in [1.165, 1.54) is 24.9 Å². The largest absolute Gasteiger partial charge is 0.0755 e. The Bertz CT molecular complexity index is 466. The number of rotatable bonds is 1. The summed E-state index contributed by atoms with van der Waals surface area (Å²) in [6, 6.07) is 12.9. The third kappa shape index (κ3) is 2.51. The lowest BCUT2D eigenvalue weighted by Gasteiger charge is -2.19. The Balaban J connectivity index is 2.45. The zero-order valence-corrected chi connectivity index (χ0v) is 11.0. The lowest BCUT2D eigenvalue weighted by Crippen LogP contribution is -2.10. The highest BCUT2D eigenvalue weighted by atomic mass is 31.0. The van der Waals surface area contributed by atoms with Gasteiger partial charge in [-0.15, -0.1) is 0 Å². The lowest BCUT2D eigenvalue weighted by atomic mass is 9.88. The molecule has 1 heteroatoms. The molecule has 0 amide bonds.